The van der Waals surface area contributed by atoms with Crippen LogP contribution in [0.5, 0.6) is 23.0 Å². The molecule has 0 aliphatic heterocycles. The summed E-state index contributed by atoms with van der Waals surface area (Å²) < 4.78 is 49.4. The van der Waals surface area contributed by atoms with Crippen LogP contribution in [0.2, 0.25) is 0 Å². The Bertz CT molecular complexity index is 1190. The van der Waals surface area contributed by atoms with Crippen LogP contribution in [0.15, 0.2) is 45.6 Å². The molecule has 0 radical (unpaired) electrons. The molecule has 0 saturated carbocycles. The van der Waals surface area contributed by atoms with E-state index >= 15 is 0 Å². The number of hydrogen-bond acceptors (Lipinski definition) is 8. The number of benzene rings is 2. The summed E-state index contributed by atoms with van der Waals surface area (Å²) in [5.74, 6) is 1.38. The van der Waals surface area contributed by atoms with Crippen molar-refractivity contribution in [2.24, 2.45) is 0 Å². The molecule has 8 nitrogen and oxygen atoms in total. The van der Waals surface area contributed by atoms with Crippen molar-refractivity contribution in [1.29, 1.82) is 0 Å². The zero-order valence-electron chi connectivity index (χ0n) is 15.6. The Balaban J connectivity index is 2.22. The Morgan fingerprint density at radius 3 is 2.21 bits per heavy atom. The number of hydrogen-bond donors (Lipinski definition) is 0. The summed E-state index contributed by atoms with van der Waals surface area (Å²) in [7, 11) is 0.705. The fraction of sp³-hybridized carbons (Fsp3) is 0.211. The summed E-state index contributed by atoms with van der Waals surface area (Å²) in [5.41, 5.74) is 0.327. The predicted molar refractivity (Wildman–Crippen MR) is 103 cm³/mol. The maximum atomic E-state index is 12.5. The highest BCUT2D eigenvalue weighted by Crippen LogP contribution is 2.44. The molecule has 0 unspecified atom stereocenters. The van der Waals surface area contributed by atoms with Crippen molar-refractivity contribution in [2.45, 2.75) is 0 Å². The lowest BCUT2D eigenvalue weighted by Gasteiger charge is -2.15. The van der Waals surface area contributed by atoms with E-state index in [4.69, 9.17) is 22.8 Å². The number of fused-ring (bicyclic) bond motifs is 1. The maximum Gasteiger partial charge on any atom is 0.306 e. The van der Waals surface area contributed by atoms with E-state index in [0.717, 1.165) is 6.26 Å². The van der Waals surface area contributed by atoms with E-state index in [0.29, 0.717) is 22.8 Å². The lowest BCUT2D eigenvalue weighted by Crippen LogP contribution is -2.06. The van der Waals surface area contributed by atoms with Gasteiger partial charge in [0.2, 0.25) is 5.75 Å². The minimum Gasteiger partial charge on any atom is -0.493 e. The van der Waals surface area contributed by atoms with Crippen molar-refractivity contribution in [3.8, 4) is 34.3 Å². The molecule has 2 aromatic carbocycles. The van der Waals surface area contributed by atoms with Crippen LogP contribution in [-0.4, -0.2) is 36.0 Å². The second kappa shape index (κ2) is 7.43. The summed E-state index contributed by atoms with van der Waals surface area (Å²) in [6.07, 6.45) is 0.929. The van der Waals surface area contributed by atoms with E-state index < -0.39 is 10.1 Å². The molecule has 0 N–H and O–H groups in total. The van der Waals surface area contributed by atoms with Gasteiger partial charge in [0.1, 0.15) is 17.1 Å². The van der Waals surface area contributed by atoms with E-state index in [1.165, 1.54) is 45.6 Å². The van der Waals surface area contributed by atoms with Crippen LogP contribution in [0.1, 0.15) is 0 Å². The summed E-state index contributed by atoms with van der Waals surface area (Å²) >= 11 is 0. The van der Waals surface area contributed by atoms with Gasteiger partial charge in [-0.3, -0.25) is 4.79 Å². The van der Waals surface area contributed by atoms with E-state index in [2.05, 4.69) is 0 Å². The number of methoxy groups -OCH3 is 3. The van der Waals surface area contributed by atoms with Gasteiger partial charge in [0.15, 0.2) is 16.9 Å². The molecule has 0 spiro atoms. The maximum absolute atomic E-state index is 12.5. The van der Waals surface area contributed by atoms with Gasteiger partial charge in [-0.15, -0.1) is 0 Å². The molecule has 0 saturated heterocycles. The average Bonchev–Trinajstić information content (AvgIpc) is 2.64. The molecule has 0 aliphatic rings. The van der Waals surface area contributed by atoms with Gasteiger partial charge in [0.05, 0.1) is 38.5 Å². The van der Waals surface area contributed by atoms with Gasteiger partial charge in [0.25, 0.3) is 0 Å². The first-order chi connectivity index (χ1) is 13.3. The van der Waals surface area contributed by atoms with E-state index in [1.807, 2.05) is 0 Å². The van der Waals surface area contributed by atoms with Crippen LogP contribution < -0.4 is 23.8 Å². The van der Waals surface area contributed by atoms with Crippen molar-refractivity contribution in [2.75, 3.05) is 27.6 Å². The van der Waals surface area contributed by atoms with E-state index in [-0.39, 0.29) is 27.9 Å². The summed E-state index contributed by atoms with van der Waals surface area (Å²) in [5, 5.41) is 0.282. The average molecular weight is 406 g/mol. The van der Waals surface area contributed by atoms with Crippen molar-refractivity contribution in [3.63, 3.8) is 0 Å². The Hall–Kier alpha value is -3.20. The van der Waals surface area contributed by atoms with Gasteiger partial charge in [-0.2, -0.15) is 8.42 Å². The lowest BCUT2D eigenvalue weighted by atomic mass is 10.1. The third kappa shape index (κ3) is 3.74. The molecule has 0 bridgehead atoms. The minimum atomic E-state index is -3.72. The first-order valence-electron chi connectivity index (χ1n) is 8.04. The topological polar surface area (TPSA) is 101 Å². The molecule has 148 valence electrons. The second-order valence-electron chi connectivity index (χ2n) is 5.80. The predicted octanol–water partition coefficient (Wildman–Crippen LogP) is 2.82. The fourth-order valence-electron chi connectivity index (χ4n) is 2.79. The van der Waals surface area contributed by atoms with Crippen LogP contribution in [0.25, 0.3) is 22.3 Å². The first kappa shape index (κ1) is 19.6. The van der Waals surface area contributed by atoms with Crippen molar-refractivity contribution in [3.05, 3.63) is 46.6 Å². The standard InChI is InChI=1S/C19H18O8S/c1-23-15-8-7-13(18(24-2)19(15)25-3)17-10-14(20)12-6-5-11(9-16(12)26-17)27-28(4,21)22/h5-10H,1-4H3. The molecule has 28 heavy (non-hydrogen) atoms. The van der Waals surface area contributed by atoms with Crippen LogP contribution in [0.4, 0.5) is 0 Å². The van der Waals surface area contributed by atoms with Gasteiger partial charge in [-0.05, 0) is 24.3 Å². The quantitative estimate of drug-likeness (QED) is 0.576. The SMILES string of the molecule is COc1ccc(-c2cc(=O)c3ccc(OS(C)(=O)=O)cc3o2)c(OC)c1OC. The Labute approximate surface area is 161 Å². The van der Waals surface area contributed by atoms with Crippen LogP contribution in [-0.2, 0) is 10.1 Å². The molecule has 0 fully saturated rings. The summed E-state index contributed by atoms with van der Waals surface area (Å²) in [6.45, 7) is 0. The van der Waals surface area contributed by atoms with Gasteiger partial charge >= 0.3 is 10.1 Å². The molecular formula is C19H18O8S. The second-order valence-corrected chi connectivity index (χ2v) is 7.38. The molecule has 0 aliphatic carbocycles. The van der Waals surface area contributed by atoms with E-state index in [1.54, 1.807) is 12.1 Å². The highest BCUT2D eigenvalue weighted by Gasteiger charge is 2.20. The summed E-state index contributed by atoms with van der Waals surface area (Å²) in [6, 6.07) is 8.82. The van der Waals surface area contributed by atoms with Crippen molar-refractivity contribution < 1.29 is 31.2 Å². The van der Waals surface area contributed by atoms with Crippen LogP contribution in [0.3, 0.4) is 0 Å². The molecule has 1 heterocycles. The zero-order chi connectivity index (χ0) is 20.5. The molecule has 1 aromatic heterocycles. The zero-order valence-corrected chi connectivity index (χ0v) is 16.5. The molecule has 0 amide bonds. The smallest absolute Gasteiger partial charge is 0.306 e. The van der Waals surface area contributed by atoms with Gasteiger partial charge in [-0.1, -0.05) is 0 Å². The van der Waals surface area contributed by atoms with Crippen LogP contribution >= 0.6 is 0 Å². The van der Waals surface area contributed by atoms with E-state index in [9.17, 15) is 13.2 Å². The van der Waals surface area contributed by atoms with Crippen LogP contribution in [0, 0.1) is 0 Å². The Morgan fingerprint density at radius 1 is 0.893 bits per heavy atom. The number of ether oxygens (including phenoxy) is 3. The third-order valence-electron chi connectivity index (χ3n) is 3.92. The first-order valence-corrected chi connectivity index (χ1v) is 9.85. The fourth-order valence-corrected chi connectivity index (χ4v) is 3.24. The Morgan fingerprint density at radius 2 is 1.61 bits per heavy atom. The third-order valence-corrected chi connectivity index (χ3v) is 4.41. The highest BCUT2D eigenvalue weighted by atomic mass is 32.2. The summed E-state index contributed by atoms with van der Waals surface area (Å²) in [4.78, 5) is 12.5. The van der Waals surface area contributed by atoms with Gasteiger partial charge in [0, 0.05) is 12.1 Å². The monoisotopic (exact) mass is 406 g/mol. The minimum absolute atomic E-state index is 0.0366. The molecule has 3 aromatic rings. The van der Waals surface area contributed by atoms with Crippen molar-refractivity contribution in [1.82, 2.24) is 0 Å². The molecule has 3 rings (SSSR count). The lowest BCUT2D eigenvalue weighted by molar-refractivity contribution is 0.325. The highest BCUT2D eigenvalue weighted by molar-refractivity contribution is 7.86. The largest absolute Gasteiger partial charge is 0.493 e. The van der Waals surface area contributed by atoms with Gasteiger partial charge < -0.3 is 22.8 Å². The van der Waals surface area contributed by atoms with Crippen molar-refractivity contribution >= 4 is 21.1 Å². The normalized spacial score (nSPS) is 11.3. The molecule has 0 atom stereocenters. The molecule has 9 heteroatoms. The van der Waals surface area contributed by atoms with Gasteiger partial charge in [-0.25, -0.2) is 0 Å². The number of rotatable bonds is 6. The molecular weight excluding hydrogens is 388 g/mol. The Kier molecular flexibility index (Phi) is 5.19.